The summed E-state index contributed by atoms with van der Waals surface area (Å²) in [5.74, 6) is 1.42. The topological polar surface area (TPSA) is 9.23 Å². The van der Waals surface area contributed by atoms with Crippen molar-refractivity contribution in [3.63, 3.8) is 0 Å². The van der Waals surface area contributed by atoms with E-state index in [-0.39, 0.29) is 0 Å². The first-order valence-corrected chi connectivity index (χ1v) is 4.17. The smallest absolute Gasteiger partial charge is 0.126 e. The van der Waals surface area contributed by atoms with Crippen LogP contribution < -0.4 is 4.74 Å². The van der Waals surface area contributed by atoms with Gasteiger partial charge in [-0.05, 0) is 24.1 Å². The van der Waals surface area contributed by atoms with Crippen molar-refractivity contribution >= 4 is 0 Å². The van der Waals surface area contributed by atoms with E-state index in [4.69, 9.17) is 4.74 Å². The van der Waals surface area contributed by atoms with Gasteiger partial charge in [0.05, 0.1) is 6.26 Å². The zero-order valence-corrected chi connectivity index (χ0v) is 7.53. The van der Waals surface area contributed by atoms with E-state index in [0.29, 0.717) is 5.92 Å². The maximum absolute atomic E-state index is 5.34. The summed E-state index contributed by atoms with van der Waals surface area (Å²) in [5, 5.41) is 0. The number of allylic oxidation sites excluding steroid dienone is 1. The van der Waals surface area contributed by atoms with Gasteiger partial charge in [-0.25, -0.2) is 0 Å². The minimum atomic E-state index is 0.536. The Bertz CT molecular complexity index is 236. The molecule has 0 aliphatic heterocycles. The van der Waals surface area contributed by atoms with Crippen molar-refractivity contribution < 1.29 is 4.74 Å². The second kappa shape index (κ2) is 4.60. The van der Waals surface area contributed by atoms with Crippen LogP contribution in [0, 0.1) is 5.92 Å². The molecule has 0 saturated carbocycles. The van der Waals surface area contributed by atoms with Crippen molar-refractivity contribution in [1.82, 2.24) is 0 Å². The predicted molar refractivity (Wildman–Crippen MR) is 51.0 cm³/mol. The van der Waals surface area contributed by atoms with Gasteiger partial charge in [-0.15, -0.1) is 0 Å². The first kappa shape index (κ1) is 8.85. The molecule has 0 atom stereocenters. The minimum Gasteiger partial charge on any atom is -0.465 e. The van der Waals surface area contributed by atoms with Crippen molar-refractivity contribution in [3.05, 3.63) is 42.7 Å². The highest BCUT2D eigenvalue weighted by Crippen LogP contribution is 2.08. The summed E-state index contributed by atoms with van der Waals surface area (Å²) in [5.41, 5.74) is 0. The lowest BCUT2D eigenvalue weighted by molar-refractivity contribution is 0.475. The van der Waals surface area contributed by atoms with Crippen LogP contribution in [0.1, 0.15) is 13.8 Å². The van der Waals surface area contributed by atoms with Crippen molar-refractivity contribution in [2.45, 2.75) is 13.8 Å². The molecule has 1 nitrogen and oxygen atoms in total. The standard InChI is InChI=1S/C11H14O/c1-10(2)8-9-12-11-6-4-3-5-7-11/h3-10H,1-2H3. The van der Waals surface area contributed by atoms with E-state index in [9.17, 15) is 0 Å². The highest BCUT2D eigenvalue weighted by atomic mass is 16.5. The van der Waals surface area contributed by atoms with Crippen molar-refractivity contribution in [2.24, 2.45) is 5.92 Å². The molecule has 0 radical (unpaired) electrons. The fourth-order valence-corrected chi connectivity index (χ4v) is 0.774. The monoisotopic (exact) mass is 162 g/mol. The molecule has 0 N–H and O–H groups in total. The molecule has 0 unspecified atom stereocenters. The zero-order chi connectivity index (χ0) is 8.81. The largest absolute Gasteiger partial charge is 0.465 e. The molecule has 0 heterocycles. The van der Waals surface area contributed by atoms with E-state index < -0.39 is 0 Å². The summed E-state index contributed by atoms with van der Waals surface area (Å²) < 4.78 is 5.34. The predicted octanol–water partition coefficient (Wildman–Crippen LogP) is 3.24. The van der Waals surface area contributed by atoms with E-state index in [1.807, 2.05) is 36.4 Å². The molecule has 0 aliphatic rings. The van der Waals surface area contributed by atoms with Gasteiger partial charge in [0.1, 0.15) is 5.75 Å². The summed E-state index contributed by atoms with van der Waals surface area (Å²) in [6.07, 6.45) is 3.76. The third kappa shape index (κ3) is 3.24. The normalized spacial score (nSPS) is 10.9. The van der Waals surface area contributed by atoms with Crippen molar-refractivity contribution in [2.75, 3.05) is 0 Å². The molecule has 0 spiro atoms. The quantitative estimate of drug-likeness (QED) is 0.620. The maximum atomic E-state index is 5.34. The van der Waals surface area contributed by atoms with Gasteiger partial charge < -0.3 is 4.74 Å². The number of ether oxygens (including phenoxy) is 1. The Labute approximate surface area is 73.7 Å². The van der Waals surface area contributed by atoms with Crippen LogP contribution in [0.2, 0.25) is 0 Å². The van der Waals surface area contributed by atoms with Gasteiger partial charge >= 0.3 is 0 Å². The fourth-order valence-electron chi connectivity index (χ4n) is 0.774. The van der Waals surface area contributed by atoms with Gasteiger partial charge in [-0.1, -0.05) is 32.0 Å². The van der Waals surface area contributed by atoms with Gasteiger partial charge in [-0.3, -0.25) is 0 Å². The molecule has 64 valence electrons. The Morgan fingerprint density at radius 2 is 1.83 bits per heavy atom. The Kier molecular flexibility index (Phi) is 3.39. The molecule has 0 aliphatic carbocycles. The Hall–Kier alpha value is -1.24. The van der Waals surface area contributed by atoms with E-state index in [1.165, 1.54) is 0 Å². The molecule has 1 rings (SSSR count). The zero-order valence-electron chi connectivity index (χ0n) is 7.53. The summed E-state index contributed by atoms with van der Waals surface area (Å²) in [7, 11) is 0. The SMILES string of the molecule is CC(C)C=COc1ccccc1. The van der Waals surface area contributed by atoms with Crippen LogP contribution in [-0.4, -0.2) is 0 Å². The van der Waals surface area contributed by atoms with Crippen LogP contribution in [0.5, 0.6) is 5.75 Å². The lowest BCUT2D eigenvalue weighted by Gasteiger charge is -1.98. The maximum Gasteiger partial charge on any atom is 0.126 e. The first-order valence-electron chi connectivity index (χ1n) is 4.17. The third-order valence-corrected chi connectivity index (χ3v) is 1.41. The molecule has 0 aromatic heterocycles. The summed E-state index contributed by atoms with van der Waals surface area (Å²) in [4.78, 5) is 0. The molecule has 0 saturated heterocycles. The van der Waals surface area contributed by atoms with Gasteiger partial charge in [-0.2, -0.15) is 0 Å². The number of hydrogen-bond donors (Lipinski definition) is 0. The Morgan fingerprint density at radius 1 is 1.17 bits per heavy atom. The summed E-state index contributed by atoms with van der Waals surface area (Å²) >= 11 is 0. The third-order valence-electron chi connectivity index (χ3n) is 1.41. The molecule has 1 aromatic rings. The van der Waals surface area contributed by atoms with Crippen LogP contribution in [0.15, 0.2) is 42.7 Å². The number of benzene rings is 1. The van der Waals surface area contributed by atoms with E-state index in [1.54, 1.807) is 6.26 Å². The van der Waals surface area contributed by atoms with Gasteiger partial charge in [0.2, 0.25) is 0 Å². The average molecular weight is 162 g/mol. The molecule has 1 aromatic carbocycles. The molecule has 1 heteroatoms. The Morgan fingerprint density at radius 3 is 2.42 bits per heavy atom. The first-order chi connectivity index (χ1) is 5.79. The second-order valence-corrected chi connectivity index (χ2v) is 3.00. The van der Waals surface area contributed by atoms with Crippen LogP contribution in [0.25, 0.3) is 0 Å². The molecule has 0 amide bonds. The lowest BCUT2D eigenvalue weighted by Crippen LogP contribution is -1.83. The molecular weight excluding hydrogens is 148 g/mol. The molecule has 0 bridgehead atoms. The van der Waals surface area contributed by atoms with Crippen LogP contribution in [-0.2, 0) is 0 Å². The average Bonchev–Trinajstić information content (AvgIpc) is 2.05. The van der Waals surface area contributed by atoms with Gasteiger partial charge in [0, 0.05) is 0 Å². The number of para-hydroxylation sites is 1. The minimum absolute atomic E-state index is 0.536. The fraction of sp³-hybridized carbons (Fsp3) is 0.273. The van der Waals surface area contributed by atoms with Gasteiger partial charge in [0.25, 0.3) is 0 Å². The summed E-state index contributed by atoms with van der Waals surface area (Å²) in [6, 6.07) is 9.76. The van der Waals surface area contributed by atoms with E-state index >= 15 is 0 Å². The Balaban J connectivity index is 2.43. The van der Waals surface area contributed by atoms with Crippen LogP contribution in [0.3, 0.4) is 0 Å². The van der Waals surface area contributed by atoms with E-state index in [0.717, 1.165) is 5.75 Å². The second-order valence-electron chi connectivity index (χ2n) is 3.00. The molecule has 12 heavy (non-hydrogen) atoms. The van der Waals surface area contributed by atoms with Crippen LogP contribution in [0.4, 0.5) is 0 Å². The van der Waals surface area contributed by atoms with Crippen LogP contribution >= 0.6 is 0 Å². The van der Waals surface area contributed by atoms with E-state index in [2.05, 4.69) is 13.8 Å². The lowest BCUT2D eigenvalue weighted by atomic mass is 10.2. The molecular formula is C11H14O. The highest BCUT2D eigenvalue weighted by molar-refractivity contribution is 5.21. The highest BCUT2D eigenvalue weighted by Gasteiger charge is 1.86. The summed E-state index contributed by atoms with van der Waals surface area (Å²) in [6.45, 7) is 4.23. The van der Waals surface area contributed by atoms with Crippen molar-refractivity contribution in [1.29, 1.82) is 0 Å². The molecule has 0 fully saturated rings. The van der Waals surface area contributed by atoms with Gasteiger partial charge in [0.15, 0.2) is 0 Å². The number of rotatable bonds is 3. The van der Waals surface area contributed by atoms with Crippen molar-refractivity contribution in [3.8, 4) is 5.75 Å². The number of hydrogen-bond acceptors (Lipinski definition) is 1.